The topological polar surface area (TPSA) is 162 Å². The quantitative estimate of drug-likeness (QED) is 0.498. The van der Waals surface area contributed by atoms with Gasteiger partial charge >= 0.3 is 0 Å². The van der Waals surface area contributed by atoms with Crippen molar-refractivity contribution < 1.29 is 9.59 Å². The molecular weight excluding hydrogens is 394 g/mol. The fourth-order valence-electron chi connectivity index (χ4n) is 3.61. The van der Waals surface area contributed by atoms with Gasteiger partial charge < -0.3 is 22.5 Å². The van der Waals surface area contributed by atoms with E-state index >= 15 is 0 Å². The Balaban J connectivity index is 1.67. The summed E-state index contributed by atoms with van der Waals surface area (Å²) in [6, 6.07) is 10.6. The minimum atomic E-state index is -0.650. The summed E-state index contributed by atoms with van der Waals surface area (Å²) >= 11 is 0. The first kappa shape index (κ1) is 20.4. The molecule has 1 fully saturated rings. The van der Waals surface area contributed by atoms with Crippen LogP contribution in [0.1, 0.15) is 46.4 Å². The largest absolute Gasteiger partial charge is 0.366 e. The number of fused-ring (bicyclic) bond motifs is 1. The molecular formula is C22H23N7O2. The molecule has 158 valence electrons. The Hall–Kier alpha value is -3.85. The lowest BCUT2D eigenvalue weighted by Gasteiger charge is -2.19. The van der Waals surface area contributed by atoms with E-state index in [9.17, 15) is 9.59 Å². The first-order chi connectivity index (χ1) is 14.9. The molecule has 1 aliphatic rings. The predicted molar refractivity (Wildman–Crippen MR) is 120 cm³/mol. The van der Waals surface area contributed by atoms with Crippen molar-refractivity contribution in [1.29, 1.82) is 0 Å². The zero-order chi connectivity index (χ0) is 22.0. The van der Waals surface area contributed by atoms with Gasteiger partial charge in [-0.3, -0.25) is 9.59 Å². The number of rotatable bonds is 5. The molecule has 9 nitrogen and oxygen atoms in total. The lowest BCUT2D eigenvalue weighted by Crippen LogP contribution is -2.33. The third-order valence-corrected chi connectivity index (χ3v) is 5.30. The number of hydrogen-bond acceptors (Lipinski definition) is 7. The molecule has 0 saturated heterocycles. The summed E-state index contributed by atoms with van der Waals surface area (Å²) in [6.07, 6.45) is 5.18. The van der Waals surface area contributed by atoms with E-state index in [2.05, 4.69) is 20.3 Å². The first-order valence-electron chi connectivity index (χ1n) is 10.0. The average molecular weight is 417 g/mol. The van der Waals surface area contributed by atoms with Gasteiger partial charge in [-0.1, -0.05) is 18.6 Å². The molecule has 7 N–H and O–H groups in total. The number of amides is 2. The summed E-state index contributed by atoms with van der Waals surface area (Å²) in [5.74, 6) is -0.642. The van der Waals surface area contributed by atoms with E-state index in [1.807, 2.05) is 18.2 Å². The highest BCUT2D eigenvalue weighted by Crippen LogP contribution is 2.26. The van der Waals surface area contributed by atoms with E-state index in [1.165, 1.54) is 6.20 Å². The second kappa shape index (κ2) is 8.49. The molecule has 0 spiro atoms. The summed E-state index contributed by atoms with van der Waals surface area (Å²) < 4.78 is 0. The van der Waals surface area contributed by atoms with Gasteiger partial charge in [0.2, 0.25) is 5.91 Å². The number of anilines is 2. The molecule has 0 bridgehead atoms. The summed E-state index contributed by atoms with van der Waals surface area (Å²) in [5, 5.41) is 4.87. The summed E-state index contributed by atoms with van der Waals surface area (Å²) in [4.78, 5) is 36.4. The molecule has 1 saturated carbocycles. The third kappa shape index (κ3) is 4.51. The van der Waals surface area contributed by atoms with Crippen molar-refractivity contribution >= 4 is 45.8 Å². The molecule has 3 aromatic rings. The number of carbonyl (C=O) groups is 2. The van der Waals surface area contributed by atoms with E-state index < -0.39 is 11.8 Å². The standard InChI is InChI=1S/C22H23N7O2/c23-17-3-1-2-4-18(17)28-22-26-11-16(20(25)31)21(29-22)27-15-8-7-12-9-14(19(24)30)6-5-13(12)10-15/h5-11,17H,1-4,23H2,(H2,24,30)(H2,25,31)(H,26,27,29)/t17-/m0/s1. The number of nitrogens with one attached hydrogen (secondary N) is 1. The van der Waals surface area contributed by atoms with E-state index in [1.54, 1.807) is 18.2 Å². The van der Waals surface area contributed by atoms with Crippen molar-refractivity contribution in [3.63, 3.8) is 0 Å². The molecule has 9 heteroatoms. The van der Waals surface area contributed by atoms with Crippen LogP contribution in [-0.4, -0.2) is 33.5 Å². The zero-order valence-corrected chi connectivity index (χ0v) is 16.8. The summed E-state index contributed by atoms with van der Waals surface area (Å²) in [5.41, 5.74) is 19.1. The fraction of sp³-hybridized carbons (Fsp3) is 0.227. The van der Waals surface area contributed by atoms with Crippen molar-refractivity contribution in [3.05, 3.63) is 53.7 Å². The highest BCUT2D eigenvalue weighted by molar-refractivity contribution is 6.00. The molecule has 0 aliphatic heterocycles. The maximum absolute atomic E-state index is 11.9. The molecule has 31 heavy (non-hydrogen) atoms. The van der Waals surface area contributed by atoms with Crippen molar-refractivity contribution in [3.8, 4) is 0 Å². The van der Waals surface area contributed by atoms with Gasteiger partial charge in [-0.15, -0.1) is 0 Å². The lowest BCUT2D eigenvalue weighted by atomic mass is 9.94. The third-order valence-electron chi connectivity index (χ3n) is 5.30. The molecule has 4 rings (SSSR count). The van der Waals surface area contributed by atoms with Crippen LogP contribution < -0.4 is 22.5 Å². The van der Waals surface area contributed by atoms with Crippen LogP contribution in [0.4, 0.5) is 17.5 Å². The van der Waals surface area contributed by atoms with Gasteiger partial charge in [0.25, 0.3) is 11.9 Å². The molecule has 1 aromatic heterocycles. The van der Waals surface area contributed by atoms with Crippen LogP contribution in [0.5, 0.6) is 0 Å². The number of nitrogens with zero attached hydrogens (tertiary/aromatic N) is 3. The van der Waals surface area contributed by atoms with Crippen molar-refractivity contribution in [1.82, 2.24) is 9.97 Å². The maximum Gasteiger partial charge on any atom is 0.254 e. The van der Waals surface area contributed by atoms with E-state index in [0.29, 0.717) is 11.3 Å². The van der Waals surface area contributed by atoms with Gasteiger partial charge in [0.15, 0.2) is 0 Å². The second-order valence-electron chi connectivity index (χ2n) is 7.52. The van der Waals surface area contributed by atoms with Crippen LogP contribution in [0, 0.1) is 0 Å². The maximum atomic E-state index is 11.9. The first-order valence-corrected chi connectivity index (χ1v) is 10.0. The van der Waals surface area contributed by atoms with Gasteiger partial charge in [0, 0.05) is 29.2 Å². The highest BCUT2D eigenvalue weighted by Gasteiger charge is 2.18. The van der Waals surface area contributed by atoms with Crippen LogP contribution >= 0.6 is 0 Å². The van der Waals surface area contributed by atoms with Crippen molar-refractivity contribution in [2.45, 2.75) is 31.7 Å². The molecule has 1 heterocycles. The fourth-order valence-corrected chi connectivity index (χ4v) is 3.61. The Kier molecular flexibility index (Phi) is 5.59. The summed E-state index contributed by atoms with van der Waals surface area (Å²) in [7, 11) is 0. The van der Waals surface area contributed by atoms with Crippen LogP contribution in [0.2, 0.25) is 0 Å². The smallest absolute Gasteiger partial charge is 0.254 e. The van der Waals surface area contributed by atoms with Crippen molar-refractivity contribution in [2.75, 3.05) is 5.32 Å². The number of aromatic nitrogens is 2. The van der Waals surface area contributed by atoms with Gasteiger partial charge in [-0.05, 0) is 54.3 Å². The van der Waals surface area contributed by atoms with Gasteiger partial charge in [0.1, 0.15) is 11.4 Å². The Morgan fingerprint density at radius 2 is 1.81 bits per heavy atom. The monoisotopic (exact) mass is 417 g/mol. The van der Waals surface area contributed by atoms with Crippen LogP contribution in [0.3, 0.4) is 0 Å². The zero-order valence-electron chi connectivity index (χ0n) is 16.8. The number of benzene rings is 2. The van der Waals surface area contributed by atoms with Crippen LogP contribution in [-0.2, 0) is 0 Å². The van der Waals surface area contributed by atoms with E-state index in [-0.39, 0.29) is 23.4 Å². The van der Waals surface area contributed by atoms with E-state index in [0.717, 1.165) is 42.2 Å². The van der Waals surface area contributed by atoms with Gasteiger partial charge in [0.05, 0.1) is 0 Å². The number of hydrogen-bond donors (Lipinski definition) is 4. The minimum Gasteiger partial charge on any atom is -0.366 e. The average Bonchev–Trinajstić information content (AvgIpc) is 2.75. The number of primary amides is 2. The number of carbonyl (C=O) groups excluding carboxylic acids is 2. The van der Waals surface area contributed by atoms with Crippen molar-refractivity contribution in [2.24, 2.45) is 22.2 Å². The lowest BCUT2D eigenvalue weighted by molar-refractivity contribution is 0.0992. The Bertz CT molecular complexity index is 1210. The Morgan fingerprint density at radius 1 is 1.03 bits per heavy atom. The van der Waals surface area contributed by atoms with Crippen LogP contribution in [0.25, 0.3) is 10.8 Å². The molecule has 0 unspecified atom stereocenters. The molecule has 1 aliphatic carbocycles. The Morgan fingerprint density at radius 3 is 2.55 bits per heavy atom. The Labute approximate surface area is 178 Å². The minimum absolute atomic E-state index is 0.102. The normalized spacial score (nSPS) is 17.6. The van der Waals surface area contributed by atoms with Crippen LogP contribution in [0.15, 0.2) is 47.6 Å². The second-order valence-corrected chi connectivity index (χ2v) is 7.52. The SMILES string of the molecule is NC(=O)c1ccc2cc(Nc3nc(N=C4CCCC[C@@H]4N)ncc3C(N)=O)ccc2c1. The molecule has 2 aromatic carbocycles. The van der Waals surface area contributed by atoms with E-state index in [4.69, 9.17) is 17.2 Å². The highest BCUT2D eigenvalue weighted by atomic mass is 16.1. The number of aliphatic imine (C=N–C) groups is 1. The van der Waals surface area contributed by atoms with Gasteiger partial charge in [-0.25, -0.2) is 9.98 Å². The molecule has 0 radical (unpaired) electrons. The molecule has 2 amide bonds. The number of nitrogens with two attached hydrogens (primary N) is 3. The molecule has 1 atom stereocenters. The van der Waals surface area contributed by atoms with Gasteiger partial charge in [-0.2, -0.15) is 4.98 Å². The predicted octanol–water partition coefficient (Wildman–Crippen LogP) is 2.54. The summed E-state index contributed by atoms with van der Waals surface area (Å²) in [6.45, 7) is 0.